The number of ether oxygens (including phenoxy) is 1. The minimum Gasteiger partial charge on any atom is -0.437 e. The molecule has 6 nitrogen and oxygen atoms in total. The van der Waals surface area contributed by atoms with Gasteiger partial charge in [0.25, 0.3) is 0 Å². The number of carbonyl (C=O) groups excluding carboxylic acids is 2. The van der Waals surface area contributed by atoms with Gasteiger partial charge in [-0.05, 0) is 45.8 Å². The highest BCUT2D eigenvalue weighted by Crippen LogP contribution is 2.43. The lowest BCUT2D eigenvalue weighted by Gasteiger charge is -2.16. The van der Waals surface area contributed by atoms with Crippen molar-refractivity contribution in [3.8, 4) is 17.3 Å². The minimum atomic E-state index is -4.92. The lowest BCUT2D eigenvalue weighted by molar-refractivity contribution is -0.159. The molecule has 0 spiro atoms. The van der Waals surface area contributed by atoms with Crippen LogP contribution in [0, 0.1) is 11.3 Å². The summed E-state index contributed by atoms with van der Waals surface area (Å²) in [6.07, 6.45) is -4.92. The zero-order valence-electron chi connectivity index (χ0n) is 16.2. The Hall–Kier alpha value is -3.00. The summed E-state index contributed by atoms with van der Waals surface area (Å²) in [7, 11) is 0. The lowest BCUT2D eigenvalue weighted by atomic mass is 10.1. The first-order valence-corrected chi connectivity index (χ1v) is 10.5. The van der Waals surface area contributed by atoms with Crippen molar-refractivity contribution in [2.45, 2.75) is 12.9 Å². The molecule has 12 heteroatoms. The third-order valence-corrected chi connectivity index (χ3v) is 5.69. The van der Waals surface area contributed by atoms with Crippen LogP contribution in [0.2, 0.25) is 10.0 Å². The fourth-order valence-electron chi connectivity index (χ4n) is 2.93. The van der Waals surface area contributed by atoms with Gasteiger partial charge in [0.1, 0.15) is 11.8 Å². The molecule has 0 fully saturated rings. The summed E-state index contributed by atoms with van der Waals surface area (Å²) >= 11 is 14.6. The monoisotopic (exact) mass is 559 g/mol. The molecule has 170 valence electrons. The van der Waals surface area contributed by atoms with E-state index in [2.05, 4.69) is 21.2 Å². The van der Waals surface area contributed by atoms with Gasteiger partial charge in [-0.15, -0.1) is 0 Å². The largest absolute Gasteiger partial charge is 0.437 e. The van der Waals surface area contributed by atoms with E-state index in [4.69, 9.17) is 27.9 Å². The molecule has 1 N–H and O–H groups in total. The highest BCUT2D eigenvalue weighted by Gasteiger charge is 2.41. The second-order valence-electron chi connectivity index (χ2n) is 6.43. The van der Waals surface area contributed by atoms with Crippen LogP contribution >= 0.6 is 39.1 Å². The van der Waals surface area contributed by atoms with Crippen molar-refractivity contribution in [3.05, 3.63) is 74.3 Å². The summed E-state index contributed by atoms with van der Waals surface area (Å²) in [5.41, 5.74) is -1.43. The second-order valence-corrected chi connectivity index (χ2v) is 8.06. The fourth-order valence-corrected chi connectivity index (χ4v) is 3.95. The zero-order chi connectivity index (χ0) is 24.3. The highest BCUT2D eigenvalue weighted by molar-refractivity contribution is 9.10. The van der Waals surface area contributed by atoms with Gasteiger partial charge in [0.05, 0.1) is 26.4 Å². The molecule has 0 radical (unpaired) electrons. The van der Waals surface area contributed by atoms with Gasteiger partial charge in [0.15, 0.2) is 6.73 Å². The van der Waals surface area contributed by atoms with Crippen molar-refractivity contribution < 1.29 is 27.5 Å². The number of nitrogens with zero attached hydrogens (tertiary/aromatic N) is 2. The molecule has 0 saturated heterocycles. The Bertz CT molecular complexity index is 1270. The predicted molar refractivity (Wildman–Crippen MR) is 118 cm³/mol. The molecule has 0 bridgehead atoms. The maximum Gasteiger partial charge on any atom is 0.432 e. The standard InChI is InChI=1S/C21H11BrCl2F3N3O3/c22-16-13(9-28)17(11-5-7-12(23)8-6-11)30(18(16)21(25,26)27)10-33-20(32)19(31)29-15-4-2-1-3-14(15)24/h1-8H,10H2,(H,29,31). The molecule has 0 unspecified atom stereocenters. The molecule has 33 heavy (non-hydrogen) atoms. The smallest absolute Gasteiger partial charge is 0.432 e. The number of nitrogens with one attached hydrogen (secondary N) is 1. The first kappa shape index (κ1) is 24.6. The lowest BCUT2D eigenvalue weighted by Crippen LogP contribution is -2.27. The van der Waals surface area contributed by atoms with Gasteiger partial charge >= 0.3 is 18.1 Å². The van der Waals surface area contributed by atoms with E-state index < -0.39 is 35.0 Å². The topological polar surface area (TPSA) is 84.1 Å². The number of alkyl halides is 3. The number of para-hydroxylation sites is 1. The van der Waals surface area contributed by atoms with Crippen molar-refractivity contribution in [1.82, 2.24) is 4.57 Å². The Morgan fingerprint density at radius 3 is 2.33 bits per heavy atom. The van der Waals surface area contributed by atoms with Crippen LogP contribution in [-0.2, 0) is 27.2 Å². The van der Waals surface area contributed by atoms with Gasteiger partial charge < -0.3 is 14.6 Å². The average Bonchev–Trinajstić information content (AvgIpc) is 3.05. The molecule has 0 saturated carbocycles. The molecule has 3 rings (SSSR count). The molecular formula is C21H11BrCl2F3N3O3. The van der Waals surface area contributed by atoms with Gasteiger partial charge in [0.2, 0.25) is 0 Å². The summed E-state index contributed by atoms with van der Waals surface area (Å²) in [5.74, 6) is -2.69. The van der Waals surface area contributed by atoms with Crippen molar-refractivity contribution in [1.29, 1.82) is 5.26 Å². The van der Waals surface area contributed by atoms with Crippen LogP contribution in [0.5, 0.6) is 0 Å². The molecule has 1 amide bonds. The number of anilines is 1. The Kier molecular flexibility index (Phi) is 7.37. The molecule has 0 atom stereocenters. The van der Waals surface area contributed by atoms with Crippen molar-refractivity contribution in [3.63, 3.8) is 0 Å². The van der Waals surface area contributed by atoms with E-state index in [1.807, 2.05) is 0 Å². The first-order valence-electron chi connectivity index (χ1n) is 8.92. The Morgan fingerprint density at radius 2 is 1.76 bits per heavy atom. The number of halogens is 6. The Morgan fingerprint density at radius 1 is 1.12 bits per heavy atom. The van der Waals surface area contributed by atoms with Crippen LogP contribution < -0.4 is 5.32 Å². The van der Waals surface area contributed by atoms with E-state index in [1.54, 1.807) is 18.2 Å². The normalized spacial score (nSPS) is 11.1. The molecule has 0 aliphatic heterocycles. The van der Waals surface area contributed by atoms with Gasteiger partial charge in [-0.1, -0.05) is 47.5 Å². The molecule has 0 aliphatic rings. The minimum absolute atomic E-state index is 0.120. The van der Waals surface area contributed by atoms with Gasteiger partial charge in [-0.3, -0.25) is 4.79 Å². The summed E-state index contributed by atoms with van der Waals surface area (Å²) in [6.45, 7) is -0.998. The van der Waals surface area contributed by atoms with Crippen molar-refractivity contribution >= 4 is 56.7 Å². The number of carbonyl (C=O) groups is 2. The van der Waals surface area contributed by atoms with Crippen molar-refractivity contribution in [2.75, 3.05) is 5.32 Å². The maximum atomic E-state index is 13.8. The number of hydrogen-bond acceptors (Lipinski definition) is 4. The molecule has 1 aromatic heterocycles. The number of nitriles is 1. The quantitative estimate of drug-likeness (QED) is 0.302. The first-order chi connectivity index (χ1) is 15.5. The number of rotatable bonds is 4. The zero-order valence-corrected chi connectivity index (χ0v) is 19.3. The average molecular weight is 561 g/mol. The van der Waals surface area contributed by atoms with E-state index in [0.29, 0.717) is 9.59 Å². The van der Waals surface area contributed by atoms with Gasteiger partial charge in [0, 0.05) is 5.02 Å². The third-order valence-electron chi connectivity index (χ3n) is 4.33. The Balaban J connectivity index is 1.97. The van der Waals surface area contributed by atoms with E-state index in [1.165, 1.54) is 36.4 Å². The number of hydrogen-bond donors (Lipinski definition) is 1. The summed E-state index contributed by atoms with van der Waals surface area (Å²) in [4.78, 5) is 24.3. The van der Waals surface area contributed by atoms with Crippen molar-refractivity contribution in [2.24, 2.45) is 0 Å². The van der Waals surface area contributed by atoms with E-state index in [0.717, 1.165) is 0 Å². The SMILES string of the molecule is N#Cc1c(Br)c(C(F)(F)F)n(COC(=O)C(=O)Nc2ccccc2Cl)c1-c1ccc(Cl)cc1. The predicted octanol–water partition coefficient (Wildman–Crippen LogP) is 6.25. The molecule has 0 aliphatic carbocycles. The Labute approximate surface area is 203 Å². The number of aromatic nitrogens is 1. The van der Waals surface area contributed by atoms with E-state index >= 15 is 0 Å². The van der Waals surface area contributed by atoms with Crippen LogP contribution in [0.15, 0.2) is 53.0 Å². The van der Waals surface area contributed by atoms with Crippen LogP contribution in [0.3, 0.4) is 0 Å². The number of esters is 1. The van der Waals surface area contributed by atoms with Gasteiger partial charge in [-0.25, -0.2) is 4.79 Å². The highest BCUT2D eigenvalue weighted by atomic mass is 79.9. The summed E-state index contributed by atoms with van der Waals surface area (Å²) in [6, 6.07) is 13.5. The molecular weight excluding hydrogens is 550 g/mol. The molecule has 1 heterocycles. The molecule has 3 aromatic rings. The van der Waals surface area contributed by atoms with Crippen LogP contribution in [0.25, 0.3) is 11.3 Å². The van der Waals surface area contributed by atoms with Crippen LogP contribution in [-0.4, -0.2) is 16.4 Å². The number of amides is 1. The second kappa shape index (κ2) is 9.87. The fraction of sp³-hybridized carbons (Fsp3) is 0.0952. The summed E-state index contributed by atoms with van der Waals surface area (Å²) < 4.78 is 46.4. The van der Waals surface area contributed by atoms with Crippen LogP contribution in [0.4, 0.5) is 18.9 Å². The number of benzene rings is 2. The third kappa shape index (κ3) is 5.33. The maximum absolute atomic E-state index is 13.8. The summed E-state index contributed by atoms with van der Waals surface area (Å²) in [5, 5.41) is 12.2. The van der Waals surface area contributed by atoms with E-state index in [9.17, 15) is 28.0 Å². The molecule has 2 aromatic carbocycles. The van der Waals surface area contributed by atoms with E-state index in [-0.39, 0.29) is 27.5 Å². The van der Waals surface area contributed by atoms with Crippen LogP contribution in [0.1, 0.15) is 11.3 Å². The van der Waals surface area contributed by atoms with Gasteiger partial charge in [-0.2, -0.15) is 18.4 Å².